The van der Waals surface area contributed by atoms with Crippen LogP contribution in [0.15, 0.2) is 108 Å². The number of hydrogen-bond acceptors (Lipinski definition) is 3. The van der Waals surface area contributed by atoms with Crippen molar-refractivity contribution in [3.63, 3.8) is 0 Å². The van der Waals surface area contributed by atoms with Crippen LogP contribution in [0.2, 0.25) is 0 Å². The number of nitrogens with one attached hydrogen (secondary N) is 1. The van der Waals surface area contributed by atoms with E-state index in [-0.39, 0.29) is 5.91 Å². The molecule has 0 radical (unpaired) electrons. The SMILES string of the molecule is COc1ccc2ccccc2c1/C=N/NC(=O)c1ccc(-n2c(C)ccc2-c2ccccc2)cc1. The fourth-order valence-corrected chi connectivity index (χ4v) is 4.28. The summed E-state index contributed by atoms with van der Waals surface area (Å²) in [5.74, 6) is 0.418. The highest BCUT2D eigenvalue weighted by atomic mass is 16.5. The van der Waals surface area contributed by atoms with Crippen molar-refractivity contribution < 1.29 is 9.53 Å². The van der Waals surface area contributed by atoms with E-state index >= 15 is 0 Å². The Morgan fingerprint density at radius 1 is 0.857 bits per heavy atom. The molecule has 1 heterocycles. The smallest absolute Gasteiger partial charge is 0.271 e. The number of methoxy groups -OCH3 is 1. The van der Waals surface area contributed by atoms with Crippen molar-refractivity contribution in [2.24, 2.45) is 5.10 Å². The number of aromatic nitrogens is 1. The molecule has 0 saturated heterocycles. The lowest BCUT2D eigenvalue weighted by molar-refractivity contribution is 0.0955. The Morgan fingerprint density at radius 2 is 1.60 bits per heavy atom. The highest BCUT2D eigenvalue weighted by Gasteiger charge is 2.11. The Morgan fingerprint density at radius 3 is 2.37 bits per heavy atom. The quantitative estimate of drug-likeness (QED) is 0.237. The van der Waals surface area contributed by atoms with Crippen molar-refractivity contribution in [1.29, 1.82) is 0 Å². The molecule has 172 valence electrons. The average molecular weight is 460 g/mol. The Labute approximate surface area is 204 Å². The maximum Gasteiger partial charge on any atom is 0.271 e. The van der Waals surface area contributed by atoms with E-state index in [1.54, 1.807) is 13.3 Å². The van der Waals surface area contributed by atoms with Gasteiger partial charge in [0.25, 0.3) is 5.91 Å². The molecule has 0 aliphatic rings. The predicted molar refractivity (Wildman–Crippen MR) is 142 cm³/mol. The molecule has 1 aromatic heterocycles. The maximum atomic E-state index is 12.7. The summed E-state index contributed by atoms with van der Waals surface area (Å²) in [7, 11) is 1.62. The summed E-state index contributed by atoms with van der Waals surface area (Å²) in [5, 5.41) is 6.29. The summed E-state index contributed by atoms with van der Waals surface area (Å²) < 4.78 is 7.67. The van der Waals surface area contributed by atoms with Crippen molar-refractivity contribution in [3.05, 3.63) is 120 Å². The van der Waals surface area contributed by atoms with Crippen molar-refractivity contribution >= 4 is 22.9 Å². The maximum absolute atomic E-state index is 12.7. The molecule has 5 rings (SSSR count). The standard InChI is InChI=1S/C30H25N3O2/c1-21-12-18-28(23-9-4-3-5-10-23)33(21)25-16-13-24(14-17-25)30(34)32-31-20-27-26-11-7-6-8-22(26)15-19-29(27)35-2/h3-20H,1-2H3,(H,32,34)/b31-20+. The molecule has 0 aliphatic heterocycles. The fraction of sp³-hybridized carbons (Fsp3) is 0.0667. The third kappa shape index (κ3) is 4.44. The van der Waals surface area contributed by atoms with Gasteiger partial charge in [0.2, 0.25) is 0 Å². The second kappa shape index (κ2) is 9.69. The van der Waals surface area contributed by atoms with Gasteiger partial charge in [-0.25, -0.2) is 5.43 Å². The van der Waals surface area contributed by atoms with Crippen LogP contribution in [0.1, 0.15) is 21.6 Å². The van der Waals surface area contributed by atoms with E-state index in [0.717, 1.165) is 39.0 Å². The molecule has 0 fully saturated rings. The first kappa shape index (κ1) is 22.2. The lowest BCUT2D eigenvalue weighted by Gasteiger charge is -2.13. The second-order valence-electron chi connectivity index (χ2n) is 8.21. The van der Waals surface area contributed by atoms with Crippen LogP contribution in [0.25, 0.3) is 27.7 Å². The van der Waals surface area contributed by atoms with E-state index in [0.29, 0.717) is 11.3 Å². The normalized spacial score (nSPS) is 11.1. The lowest BCUT2D eigenvalue weighted by atomic mass is 10.0. The van der Waals surface area contributed by atoms with Crippen LogP contribution in [-0.2, 0) is 0 Å². The van der Waals surface area contributed by atoms with Crippen LogP contribution in [0.4, 0.5) is 0 Å². The molecular weight excluding hydrogens is 434 g/mol. The molecule has 5 heteroatoms. The Bertz CT molecular complexity index is 1520. The number of fused-ring (bicyclic) bond motifs is 1. The zero-order chi connectivity index (χ0) is 24.2. The monoisotopic (exact) mass is 459 g/mol. The fourth-order valence-electron chi connectivity index (χ4n) is 4.28. The van der Waals surface area contributed by atoms with Gasteiger partial charge in [0.1, 0.15) is 5.75 Å². The number of hydrazone groups is 1. The van der Waals surface area contributed by atoms with Crippen molar-refractivity contribution in [2.45, 2.75) is 6.92 Å². The molecule has 0 saturated carbocycles. The van der Waals surface area contributed by atoms with Crippen molar-refractivity contribution in [2.75, 3.05) is 7.11 Å². The largest absolute Gasteiger partial charge is 0.496 e. The summed E-state index contributed by atoms with van der Waals surface area (Å²) in [6, 6.07) is 33.9. The summed E-state index contributed by atoms with van der Waals surface area (Å²) in [5.41, 5.74) is 8.34. The van der Waals surface area contributed by atoms with Gasteiger partial charge < -0.3 is 9.30 Å². The molecule has 1 N–H and O–H groups in total. The summed E-state index contributed by atoms with van der Waals surface area (Å²) in [6.07, 6.45) is 1.63. The van der Waals surface area contributed by atoms with Crippen molar-refractivity contribution in [3.8, 4) is 22.7 Å². The topological polar surface area (TPSA) is 55.6 Å². The van der Waals surface area contributed by atoms with Gasteiger partial charge in [-0.15, -0.1) is 0 Å². The third-order valence-electron chi connectivity index (χ3n) is 6.04. The number of aryl methyl sites for hydroxylation is 1. The molecular formula is C30H25N3O2. The van der Waals surface area contributed by atoms with Gasteiger partial charge in [-0.2, -0.15) is 5.10 Å². The molecule has 35 heavy (non-hydrogen) atoms. The van der Waals surface area contributed by atoms with Gasteiger partial charge in [-0.1, -0.05) is 60.7 Å². The number of carbonyl (C=O) groups is 1. The minimum absolute atomic E-state index is 0.278. The molecule has 5 nitrogen and oxygen atoms in total. The van der Waals surface area contributed by atoms with E-state index < -0.39 is 0 Å². The highest BCUT2D eigenvalue weighted by molar-refractivity contribution is 6.03. The van der Waals surface area contributed by atoms with Gasteiger partial charge in [-0.3, -0.25) is 4.79 Å². The minimum Gasteiger partial charge on any atom is -0.496 e. The molecule has 5 aromatic rings. The zero-order valence-corrected chi connectivity index (χ0v) is 19.6. The van der Waals surface area contributed by atoms with E-state index in [1.807, 2.05) is 78.9 Å². The Balaban J connectivity index is 1.36. The van der Waals surface area contributed by atoms with Crippen LogP contribution in [0, 0.1) is 6.92 Å². The highest BCUT2D eigenvalue weighted by Crippen LogP contribution is 2.27. The second-order valence-corrected chi connectivity index (χ2v) is 8.21. The first-order chi connectivity index (χ1) is 17.2. The molecule has 0 spiro atoms. The number of carbonyl (C=O) groups excluding carboxylic acids is 1. The van der Waals surface area contributed by atoms with E-state index in [4.69, 9.17) is 4.74 Å². The number of amides is 1. The molecule has 0 aliphatic carbocycles. The van der Waals surface area contributed by atoms with Crippen LogP contribution in [-0.4, -0.2) is 23.8 Å². The van der Waals surface area contributed by atoms with Crippen LogP contribution >= 0.6 is 0 Å². The summed E-state index contributed by atoms with van der Waals surface area (Å²) in [6.45, 7) is 2.07. The molecule has 0 unspecified atom stereocenters. The number of rotatable bonds is 6. The molecule has 4 aromatic carbocycles. The zero-order valence-electron chi connectivity index (χ0n) is 19.6. The molecule has 0 atom stereocenters. The average Bonchev–Trinajstić information content (AvgIpc) is 3.30. The van der Waals surface area contributed by atoms with Crippen LogP contribution in [0.3, 0.4) is 0 Å². The third-order valence-corrected chi connectivity index (χ3v) is 6.04. The van der Waals surface area contributed by atoms with Gasteiger partial charge >= 0.3 is 0 Å². The number of benzene rings is 4. The lowest BCUT2D eigenvalue weighted by Crippen LogP contribution is -2.17. The summed E-state index contributed by atoms with van der Waals surface area (Å²) in [4.78, 5) is 12.7. The van der Waals surface area contributed by atoms with E-state index in [2.05, 4.69) is 46.3 Å². The molecule has 0 bridgehead atoms. The Hall–Kier alpha value is -4.64. The predicted octanol–water partition coefficient (Wildman–Crippen LogP) is 6.38. The van der Waals surface area contributed by atoms with E-state index in [9.17, 15) is 4.79 Å². The van der Waals surface area contributed by atoms with Crippen LogP contribution < -0.4 is 10.2 Å². The Kier molecular flexibility index (Phi) is 6.14. The van der Waals surface area contributed by atoms with Gasteiger partial charge in [0, 0.05) is 22.5 Å². The molecule has 1 amide bonds. The number of hydrogen-bond donors (Lipinski definition) is 1. The minimum atomic E-state index is -0.278. The van der Waals surface area contributed by atoms with Gasteiger partial charge in [0.15, 0.2) is 0 Å². The first-order valence-electron chi connectivity index (χ1n) is 11.4. The summed E-state index contributed by atoms with van der Waals surface area (Å²) >= 11 is 0. The van der Waals surface area contributed by atoms with Gasteiger partial charge in [-0.05, 0) is 65.7 Å². The number of ether oxygens (including phenoxy) is 1. The van der Waals surface area contributed by atoms with Gasteiger partial charge in [0.05, 0.1) is 19.0 Å². The van der Waals surface area contributed by atoms with E-state index in [1.165, 1.54) is 0 Å². The number of nitrogens with zero attached hydrogens (tertiary/aromatic N) is 2. The van der Waals surface area contributed by atoms with Crippen molar-refractivity contribution in [1.82, 2.24) is 9.99 Å². The van der Waals surface area contributed by atoms with Crippen LogP contribution in [0.5, 0.6) is 5.75 Å². The first-order valence-corrected chi connectivity index (χ1v) is 11.4.